The summed E-state index contributed by atoms with van der Waals surface area (Å²) in [4.78, 5) is 0. The summed E-state index contributed by atoms with van der Waals surface area (Å²) in [6.07, 6.45) is 3.12. The average molecular weight is 272 g/mol. The highest BCUT2D eigenvalue weighted by atomic mass is 35.5. The number of nitrogens with one attached hydrogen (secondary N) is 1. The fourth-order valence-corrected chi connectivity index (χ4v) is 2.11. The number of hydrogen-bond donors (Lipinski definition) is 1. The van der Waals surface area contributed by atoms with Gasteiger partial charge in [-0.2, -0.15) is 0 Å². The Kier molecular flexibility index (Phi) is 6.66. The first-order chi connectivity index (χ1) is 8.50. The molecule has 0 aliphatic carbocycles. The normalized spacial score (nSPS) is 11.2. The topological polar surface area (TPSA) is 12.0 Å². The molecule has 102 valence electrons. The van der Waals surface area contributed by atoms with Gasteiger partial charge in [-0.3, -0.25) is 0 Å². The smallest absolute Gasteiger partial charge is 0.127 e. The third kappa shape index (κ3) is 5.36. The molecule has 1 rings (SSSR count). The monoisotopic (exact) mass is 271 g/mol. The van der Waals surface area contributed by atoms with Crippen LogP contribution < -0.4 is 5.32 Å². The Morgan fingerprint density at radius 3 is 2.67 bits per heavy atom. The quantitative estimate of drug-likeness (QED) is 0.727. The third-order valence-electron chi connectivity index (χ3n) is 2.93. The minimum Gasteiger partial charge on any atom is -0.316 e. The van der Waals surface area contributed by atoms with Gasteiger partial charge in [-0.1, -0.05) is 31.5 Å². The number of aryl methyl sites for hydroxylation is 2. The molecule has 0 amide bonds. The summed E-state index contributed by atoms with van der Waals surface area (Å²) >= 11 is 6.03. The molecule has 0 atom stereocenters. The van der Waals surface area contributed by atoms with E-state index < -0.39 is 0 Å². The molecule has 0 unspecified atom stereocenters. The van der Waals surface area contributed by atoms with Gasteiger partial charge in [0.05, 0.1) is 0 Å². The van der Waals surface area contributed by atoms with Crippen molar-refractivity contribution in [2.24, 2.45) is 5.92 Å². The van der Waals surface area contributed by atoms with Gasteiger partial charge in [0.1, 0.15) is 5.82 Å². The fraction of sp³-hybridized carbons (Fsp3) is 0.600. The van der Waals surface area contributed by atoms with Crippen molar-refractivity contribution in [2.75, 3.05) is 13.1 Å². The Hall–Kier alpha value is -0.600. The number of unbranched alkanes of at least 4 members (excludes halogenated alkanes) is 1. The zero-order valence-electron chi connectivity index (χ0n) is 11.5. The molecule has 1 N–H and O–H groups in total. The van der Waals surface area contributed by atoms with Crippen LogP contribution in [0.2, 0.25) is 5.02 Å². The van der Waals surface area contributed by atoms with E-state index in [-0.39, 0.29) is 5.82 Å². The van der Waals surface area contributed by atoms with Crippen LogP contribution in [0.5, 0.6) is 0 Å². The van der Waals surface area contributed by atoms with Crippen molar-refractivity contribution in [1.82, 2.24) is 5.32 Å². The van der Waals surface area contributed by atoms with Gasteiger partial charge in [-0.15, -0.1) is 0 Å². The largest absolute Gasteiger partial charge is 0.316 e. The van der Waals surface area contributed by atoms with Gasteiger partial charge in [0.2, 0.25) is 0 Å². The van der Waals surface area contributed by atoms with Crippen LogP contribution in [-0.2, 0) is 6.42 Å². The lowest BCUT2D eigenvalue weighted by Crippen LogP contribution is -2.20. The van der Waals surface area contributed by atoms with E-state index in [1.165, 1.54) is 6.07 Å². The second-order valence-corrected chi connectivity index (χ2v) is 5.66. The maximum Gasteiger partial charge on any atom is 0.127 e. The van der Waals surface area contributed by atoms with Gasteiger partial charge in [0.15, 0.2) is 0 Å². The summed E-state index contributed by atoms with van der Waals surface area (Å²) in [5, 5.41) is 3.96. The second kappa shape index (κ2) is 7.75. The SMILES string of the molecule is Cc1cc(CCCCNCC(C)C)c(Cl)cc1F. The van der Waals surface area contributed by atoms with E-state index >= 15 is 0 Å². The van der Waals surface area contributed by atoms with Crippen molar-refractivity contribution >= 4 is 11.6 Å². The molecule has 0 aliphatic heterocycles. The van der Waals surface area contributed by atoms with Crippen LogP contribution in [0, 0.1) is 18.7 Å². The van der Waals surface area contributed by atoms with Gasteiger partial charge in [0, 0.05) is 5.02 Å². The number of hydrogen-bond acceptors (Lipinski definition) is 1. The van der Waals surface area contributed by atoms with Crippen molar-refractivity contribution < 1.29 is 4.39 Å². The van der Waals surface area contributed by atoms with E-state index in [2.05, 4.69) is 19.2 Å². The molecule has 18 heavy (non-hydrogen) atoms. The number of rotatable bonds is 7. The predicted molar refractivity (Wildman–Crippen MR) is 76.8 cm³/mol. The van der Waals surface area contributed by atoms with Crippen molar-refractivity contribution in [1.29, 1.82) is 0 Å². The van der Waals surface area contributed by atoms with Crippen LogP contribution in [0.25, 0.3) is 0 Å². The van der Waals surface area contributed by atoms with E-state index in [1.54, 1.807) is 6.92 Å². The van der Waals surface area contributed by atoms with Crippen LogP contribution in [0.3, 0.4) is 0 Å². The minimum absolute atomic E-state index is 0.220. The molecule has 0 heterocycles. The Morgan fingerprint density at radius 1 is 1.28 bits per heavy atom. The Labute approximate surface area is 115 Å². The highest BCUT2D eigenvalue weighted by Crippen LogP contribution is 2.21. The number of benzene rings is 1. The fourth-order valence-electron chi connectivity index (χ4n) is 1.86. The summed E-state index contributed by atoms with van der Waals surface area (Å²) in [6, 6.07) is 3.28. The van der Waals surface area contributed by atoms with E-state index in [4.69, 9.17) is 11.6 Å². The van der Waals surface area contributed by atoms with E-state index in [9.17, 15) is 4.39 Å². The molecule has 1 aromatic carbocycles. The highest BCUT2D eigenvalue weighted by Gasteiger charge is 2.05. The van der Waals surface area contributed by atoms with E-state index in [1.807, 2.05) is 6.07 Å². The summed E-state index contributed by atoms with van der Waals surface area (Å²) in [5.41, 5.74) is 1.73. The molecule has 0 radical (unpaired) electrons. The lowest BCUT2D eigenvalue weighted by atomic mass is 10.1. The molecular weight excluding hydrogens is 249 g/mol. The van der Waals surface area contributed by atoms with Crippen LogP contribution in [0.15, 0.2) is 12.1 Å². The maximum absolute atomic E-state index is 13.2. The summed E-state index contributed by atoms with van der Waals surface area (Å²) in [6.45, 7) is 8.29. The van der Waals surface area contributed by atoms with Gasteiger partial charge in [-0.25, -0.2) is 4.39 Å². The standard InChI is InChI=1S/C15H23ClFN/c1-11(2)10-18-7-5-4-6-13-8-12(3)15(17)9-14(13)16/h8-9,11,18H,4-7,10H2,1-3H3. The molecular formula is C15H23ClFN. The first-order valence-electron chi connectivity index (χ1n) is 6.66. The lowest BCUT2D eigenvalue weighted by molar-refractivity contribution is 0.535. The minimum atomic E-state index is -0.220. The Bertz CT molecular complexity index is 377. The Morgan fingerprint density at radius 2 is 2.00 bits per heavy atom. The van der Waals surface area contributed by atoms with E-state index in [0.29, 0.717) is 16.5 Å². The molecule has 0 saturated heterocycles. The van der Waals surface area contributed by atoms with E-state index in [0.717, 1.165) is 37.9 Å². The van der Waals surface area contributed by atoms with Crippen molar-refractivity contribution in [3.05, 3.63) is 34.1 Å². The summed E-state index contributed by atoms with van der Waals surface area (Å²) in [5.74, 6) is 0.474. The van der Waals surface area contributed by atoms with Gasteiger partial charge < -0.3 is 5.32 Å². The van der Waals surface area contributed by atoms with Crippen LogP contribution in [0.4, 0.5) is 4.39 Å². The second-order valence-electron chi connectivity index (χ2n) is 5.25. The van der Waals surface area contributed by atoms with Crippen molar-refractivity contribution in [2.45, 2.75) is 40.0 Å². The number of halogens is 2. The van der Waals surface area contributed by atoms with Crippen LogP contribution >= 0.6 is 11.6 Å². The van der Waals surface area contributed by atoms with Crippen molar-refractivity contribution in [3.8, 4) is 0 Å². The van der Waals surface area contributed by atoms with Crippen LogP contribution in [0.1, 0.15) is 37.8 Å². The molecule has 0 spiro atoms. The molecule has 1 nitrogen and oxygen atoms in total. The van der Waals surface area contributed by atoms with Crippen LogP contribution in [-0.4, -0.2) is 13.1 Å². The third-order valence-corrected chi connectivity index (χ3v) is 3.28. The molecule has 0 saturated carbocycles. The maximum atomic E-state index is 13.2. The molecule has 3 heteroatoms. The molecule has 0 aliphatic rings. The molecule has 0 aromatic heterocycles. The first-order valence-corrected chi connectivity index (χ1v) is 7.03. The molecule has 0 bridgehead atoms. The predicted octanol–water partition coefficient (Wildman–Crippen LogP) is 4.36. The summed E-state index contributed by atoms with van der Waals surface area (Å²) in [7, 11) is 0. The van der Waals surface area contributed by atoms with Gasteiger partial charge >= 0.3 is 0 Å². The van der Waals surface area contributed by atoms with Gasteiger partial charge in [0.25, 0.3) is 0 Å². The molecule has 0 fully saturated rings. The average Bonchev–Trinajstić information content (AvgIpc) is 2.29. The zero-order chi connectivity index (χ0) is 13.5. The lowest BCUT2D eigenvalue weighted by Gasteiger charge is -2.08. The summed E-state index contributed by atoms with van der Waals surface area (Å²) < 4.78 is 13.2. The molecule has 1 aromatic rings. The zero-order valence-corrected chi connectivity index (χ0v) is 12.3. The first kappa shape index (κ1) is 15.5. The highest BCUT2D eigenvalue weighted by molar-refractivity contribution is 6.31. The van der Waals surface area contributed by atoms with Gasteiger partial charge in [-0.05, 0) is 62.4 Å². The van der Waals surface area contributed by atoms with Crippen molar-refractivity contribution in [3.63, 3.8) is 0 Å². The Balaban J connectivity index is 2.29.